The fourth-order valence-corrected chi connectivity index (χ4v) is 2.73. The predicted octanol–water partition coefficient (Wildman–Crippen LogP) is 2.37. The highest BCUT2D eigenvalue weighted by molar-refractivity contribution is 7.46. The van der Waals surface area contributed by atoms with Gasteiger partial charge in [-0.1, -0.05) is 12.1 Å². The number of fused-ring (bicyclic) bond motifs is 1. The maximum atomic E-state index is 12.3. The van der Waals surface area contributed by atoms with Gasteiger partial charge >= 0.3 is 7.82 Å². The van der Waals surface area contributed by atoms with Crippen molar-refractivity contribution in [3.8, 4) is 17.0 Å². The lowest BCUT2D eigenvalue weighted by atomic mass is 10.1. The van der Waals surface area contributed by atoms with Crippen LogP contribution in [-0.4, -0.2) is 19.8 Å². The van der Waals surface area contributed by atoms with Crippen LogP contribution < -0.4 is 9.95 Å². The van der Waals surface area contributed by atoms with Crippen molar-refractivity contribution in [1.82, 2.24) is 9.97 Å². The molecule has 3 N–H and O–H groups in total. The zero-order chi connectivity index (χ0) is 16.6. The fourth-order valence-electron chi connectivity index (χ4n) is 2.34. The van der Waals surface area contributed by atoms with Crippen LogP contribution in [0.1, 0.15) is 5.56 Å². The monoisotopic (exact) mass is 332 g/mol. The molecule has 0 radical (unpaired) electrons. The zero-order valence-corrected chi connectivity index (χ0v) is 12.9. The van der Waals surface area contributed by atoms with Crippen LogP contribution in [0.4, 0.5) is 0 Å². The van der Waals surface area contributed by atoms with Gasteiger partial charge in [0.25, 0.3) is 0 Å². The van der Waals surface area contributed by atoms with Crippen LogP contribution in [0.2, 0.25) is 0 Å². The SMILES string of the molecule is Cc1ccnc2[nH]c(-c3cccc(OP(=O)(O)O)c3)cc(=O)c12. The van der Waals surface area contributed by atoms with Gasteiger partial charge in [0.05, 0.1) is 11.1 Å². The molecule has 0 atom stereocenters. The van der Waals surface area contributed by atoms with E-state index in [0.717, 1.165) is 5.56 Å². The summed E-state index contributed by atoms with van der Waals surface area (Å²) in [4.78, 5) is 37.2. The summed E-state index contributed by atoms with van der Waals surface area (Å²) in [5.74, 6) is 0.00832. The van der Waals surface area contributed by atoms with Crippen molar-refractivity contribution in [1.29, 1.82) is 0 Å². The van der Waals surface area contributed by atoms with Gasteiger partial charge in [0.2, 0.25) is 0 Å². The molecule has 0 amide bonds. The number of rotatable bonds is 3. The first-order chi connectivity index (χ1) is 10.8. The molecule has 0 spiro atoms. The molecule has 3 rings (SSSR count). The number of nitrogens with one attached hydrogen (secondary N) is 1. The summed E-state index contributed by atoms with van der Waals surface area (Å²) in [6.07, 6.45) is 1.60. The van der Waals surface area contributed by atoms with Crippen LogP contribution in [0.25, 0.3) is 22.3 Å². The third-order valence-corrected chi connectivity index (χ3v) is 3.75. The smallest absolute Gasteiger partial charge is 0.404 e. The summed E-state index contributed by atoms with van der Waals surface area (Å²) in [5, 5.41) is 0.513. The lowest BCUT2D eigenvalue weighted by molar-refractivity contribution is 0.283. The molecule has 2 heterocycles. The lowest BCUT2D eigenvalue weighted by Crippen LogP contribution is -2.05. The predicted molar refractivity (Wildman–Crippen MR) is 85.2 cm³/mol. The second kappa shape index (κ2) is 5.62. The van der Waals surface area contributed by atoms with Crippen LogP contribution in [0, 0.1) is 6.92 Å². The van der Waals surface area contributed by atoms with E-state index in [-0.39, 0.29) is 11.2 Å². The largest absolute Gasteiger partial charge is 0.524 e. The van der Waals surface area contributed by atoms with Gasteiger partial charge in [-0.2, -0.15) is 0 Å². The zero-order valence-electron chi connectivity index (χ0n) is 12.1. The Hall–Kier alpha value is -2.47. The fraction of sp³-hybridized carbons (Fsp3) is 0.0667. The molecule has 8 heteroatoms. The molecule has 0 saturated heterocycles. The number of hydrogen-bond donors (Lipinski definition) is 3. The first-order valence-corrected chi connectivity index (χ1v) is 8.21. The molecule has 118 valence electrons. The molecule has 0 aliphatic rings. The van der Waals surface area contributed by atoms with Crippen molar-refractivity contribution >= 4 is 18.9 Å². The van der Waals surface area contributed by atoms with Gasteiger partial charge in [0.15, 0.2) is 5.43 Å². The molecule has 0 bridgehead atoms. The Morgan fingerprint density at radius 3 is 2.74 bits per heavy atom. The van der Waals surface area contributed by atoms with Crippen LogP contribution in [0.5, 0.6) is 5.75 Å². The number of pyridine rings is 2. The van der Waals surface area contributed by atoms with E-state index in [1.807, 2.05) is 6.92 Å². The maximum absolute atomic E-state index is 12.3. The molecular formula is C15H13N2O5P. The van der Waals surface area contributed by atoms with E-state index >= 15 is 0 Å². The van der Waals surface area contributed by atoms with Gasteiger partial charge in [-0.15, -0.1) is 0 Å². The molecule has 0 unspecified atom stereocenters. The number of aromatic nitrogens is 2. The van der Waals surface area contributed by atoms with Crippen LogP contribution in [-0.2, 0) is 4.57 Å². The third-order valence-electron chi connectivity index (χ3n) is 3.30. The summed E-state index contributed by atoms with van der Waals surface area (Å²) < 4.78 is 15.5. The van der Waals surface area contributed by atoms with E-state index in [1.165, 1.54) is 18.2 Å². The lowest BCUT2D eigenvalue weighted by Gasteiger charge is -2.09. The number of nitrogens with zero attached hydrogens (tertiary/aromatic N) is 1. The molecule has 3 aromatic rings. The van der Waals surface area contributed by atoms with Gasteiger partial charge < -0.3 is 9.51 Å². The number of phosphoric acid groups is 1. The van der Waals surface area contributed by atoms with Crippen molar-refractivity contribution in [3.63, 3.8) is 0 Å². The number of phosphoric ester groups is 1. The van der Waals surface area contributed by atoms with E-state index in [0.29, 0.717) is 22.3 Å². The van der Waals surface area contributed by atoms with Crippen molar-refractivity contribution in [2.45, 2.75) is 6.92 Å². The third kappa shape index (κ3) is 3.32. The van der Waals surface area contributed by atoms with Crippen molar-refractivity contribution in [2.24, 2.45) is 0 Å². The second-order valence-electron chi connectivity index (χ2n) is 5.01. The molecule has 0 aliphatic heterocycles. The van der Waals surface area contributed by atoms with Gasteiger partial charge in [-0.25, -0.2) is 9.55 Å². The summed E-state index contributed by atoms with van der Waals surface area (Å²) >= 11 is 0. The first kappa shape index (κ1) is 15.4. The van der Waals surface area contributed by atoms with Gasteiger partial charge in [-0.3, -0.25) is 14.6 Å². The maximum Gasteiger partial charge on any atom is 0.524 e. The second-order valence-corrected chi connectivity index (χ2v) is 6.17. The Morgan fingerprint density at radius 2 is 2.00 bits per heavy atom. The number of benzene rings is 1. The molecule has 0 aliphatic carbocycles. The average Bonchev–Trinajstić information content (AvgIpc) is 2.45. The Kier molecular flexibility index (Phi) is 3.77. The molecule has 7 nitrogen and oxygen atoms in total. The quantitative estimate of drug-likeness (QED) is 0.635. The minimum Gasteiger partial charge on any atom is -0.404 e. The summed E-state index contributed by atoms with van der Waals surface area (Å²) in [6, 6.07) is 9.31. The topological polar surface area (TPSA) is 113 Å². The molecule has 0 fully saturated rings. The van der Waals surface area contributed by atoms with Gasteiger partial charge in [0, 0.05) is 17.8 Å². The normalized spacial score (nSPS) is 11.6. The highest BCUT2D eigenvalue weighted by Gasteiger charge is 2.16. The molecule has 0 saturated carbocycles. The van der Waals surface area contributed by atoms with Crippen molar-refractivity contribution < 1.29 is 18.9 Å². The molecular weight excluding hydrogens is 319 g/mol. The van der Waals surface area contributed by atoms with E-state index < -0.39 is 7.82 Å². The van der Waals surface area contributed by atoms with E-state index in [9.17, 15) is 9.36 Å². The summed E-state index contributed by atoms with van der Waals surface area (Å²) in [5.41, 5.74) is 2.13. The Balaban J connectivity index is 2.12. The Morgan fingerprint density at radius 1 is 1.22 bits per heavy atom. The standard InChI is InChI=1S/C15H13N2O5P/c1-9-5-6-16-15-14(9)13(18)8-12(17-15)10-3-2-4-11(7-10)22-23(19,20)21/h2-8H,1H3,(H,16,17,18)(H2,19,20,21). The van der Waals surface area contributed by atoms with Crippen LogP contribution >= 0.6 is 7.82 Å². The van der Waals surface area contributed by atoms with Gasteiger partial charge in [-0.05, 0) is 30.7 Å². The highest BCUT2D eigenvalue weighted by Crippen LogP contribution is 2.38. The minimum absolute atomic E-state index is 0.00832. The number of aryl methyl sites for hydroxylation is 1. The average molecular weight is 332 g/mol. The van der Waals surface area contributed by atoms with E-state index in [4.69, 9.17) is 9.79 Å². The summed E-state index contributed by atoms with van der Waals surface area (Å²) in [6.45, 7) is 1.83. The molecule has 23 heavy (non-hydrogen) atoms. The minimum atomic E-state index is -4.64. The van der Waals surface area contributed by atoms with E-state index in [2.05, 4.69) is 14.5 Å². The summed E-state index contributed by atoms with van der Waals surface area (Å²) in [7, 11) is -4.64. The van der Waals surface area contributed by atoms with Crippen molar-refractivity contribution in [3.05, 3.63) is 58.4 Å². The first-order valence-electron chi connectivity index (χ1n) is 6.68. The number of hydrogen-bond acceptors (Lipinski definition) is 4. The van der Waals surface area contributed by atoms with E-state index in [1.54, 1.807) is 24.4 Å². The van der Waals surface area contributed by atoms with Crippen LogP contribution in [0.3, 0.4) is 0 Å². The Labute approximate surface area is 130 Å². The molecule has 2 aromatic heterocycles. The Bertz CT molecular complexity index is 993. The highest BCUT2D eigenvalue weighted by atomic mass is 31.2. The van der Waals surface area contributed by atoms with Gasteiger partial charge in [0.1, 0.15) is 11.4 Å². The number of H-pyrrole nitrogens is 1. The van der Waals surface area contributed by atoms with Crippen LogP contribution in [0.15, 0.2) is 47.4 Å². The van der Waals surface area contributed by atoms with Crippen molar-refractivity contribution in [2.75, 3.05) is 0 Å². The number of aromatic amines is 1. The molecule has 1 aromatic carbocycles.